The van der Waals surface area contributed by atoms with E-state index >= 15 is 0 Å². The van der Waals surface area contributed by atoms with E-state index in [1.54, 1.807) is 0 Å². The Bertz CT molecular complexity index is 164. The van der Waals surface area contributed by atoms with Crippen LogP contribution < -0.4 is 0 Å². The van der Waals surface area contributed by atoms with E-state index in [9.17, 15) is 4.79 Å². The highest BCUT2D eigenvalue weighted by Crippen LogP contribution is 2.18. The molecular formula is C9H18ClNO2. The molecule has 1 heterocycles. The average molecular weight is 208 g/mol. The molecule has 1 aliphatic rings. The summed E-state index contributed by atoms with van der Waals surface area (Å²) in [5.41, 5.74) is 0. The number of halogens is 1. The highest BCUT2D eigenvalue weighted by Gasteiger charge is 2.21. The molecule has 4 heteroatoms. The maximum absolute atomic E-state index is 10.5. The lowest BCUT2D eigenvalue weighted by molar-refractivity contribution is -0.139. The number of piperidine rings is 1. The first-order valence-electron chi connectivity index (χ1n) is 4.70. The van der Waals surface area contributed by atoms with E-state index in [-0.39, 0.29) is 19.0 Å². The monoisotopic (exact) mass is 207 g/mol. The van der Waals surface area contributed by atoms with E-state index < -0.39 is 5.97 Å². The fourth-order valence-corrected chi connectivity index (χ4v) is 1.90. The van der Waals surface area contributed by atoms with Crippen molar-refractivity contribution in [2.45, 2.75) is 38.6 Å². The van der Waals surface area contributed by atoms with Gasteiger partial charge in [0.05, 0.1) is 6.54 Å². The number of carbonyl (C=O) groups is 1. The number of carboxylic acid groups (broad SMARTS) is 1. The minimum Gasteiger partial charge on any atom is -0.480 e. The third-order valence-electron chi connectivity index (χ3n) is 2.56. The topological polar surface area (TPSA) is 40.5 Å². The van der Waals surface area contributed by atoms with Crippen LogP contribution >= 0.6 is 12.4 Å². The summed E-state index contributed by atoms with van der Waals surface area (Å²) in [6, 6.07) is 0.509. The smallest absolute Gasteiger partial charge is 0.317 e. The van der Waals surface area contributed by atoms with E-state index in [1.165, 1.54) is 12.8 Å². The summed E-state index contributed by atoms with van der Waals surface area (Å²) in [6.45, 7) is 3.31. The molecule has 0 amide bonds. The second-order valence-electron chi connectivity index (χ2n) is 3.42. The van der Waals surface area contributed by atoms with Crippen LogP contribution in [0.25, 0.3) is 0 Å². The zero-order valence-corrected chi connectivity index (χ0v) is 8.85. The Balaban J connectivity index is 0.00000144. The molecule has 0 bridgehead atoms. The van der Waals surface area contributed by atoms with Gasteiger partial charge in [-0.2, -0.15) is 0 Å². The number of aliphatic carboxylic acids is 1. The van der Waals surface area contributed by atoms with Gasteiger partial charge >= 0.3 is 5.97 Å². The van der Waals surface area contributed by atoms with E-state index in [4.69, 9.17) is 5.11 Å². The summed E-state index contributed by atoms with van der Waals surface area (Å²) in [7, 11) is 0. The van der Waals surface area contributed by atoms with E-state index in [1.807, 2.05) is 0 Å². The van der Waals surface area contributed by atoms with Gasteiger partial charge in [-0.1, -0.05) is 13.3 Å². The van der Waals surface area contributed by atoms with Crippen LogP contribution in [0.2, 0.25) is 0 Å². The van der Waals surface area contributed by atoms with Gasteiger partial charge in [0, 0.05) is 6.04 Å². The van der Waals surface area contributed by atoms with Crippen LogP contribution in [0.5, 0.6) is 0 Å². The van der Waals surface area contributed by atoms with Gasteiger partial charge in [-0.05, 0) is 25.8 Å². The molecule has 0 aromatic heterocycles. The first-order chi connectivity index (χ1) is 5.74. The zero-order valence-electron chi connectivity index (χ0n) is 8.03. The van der Waals surface area contributed by atoms with Crippen molar-refractivity contribution in [2.75, 3.05) is 13.1 Å². The van der Waals surface area contributed by atoms with Crippen LogP contribution in [0.4, 0.5) is 0 Å². The Morgan fingerprint density at radius 2 is 2.23 bits per heavy atom. The SMILES string of the molecule is CCC1CCCCN1CC(=O)O.Cl. The molecule has 1 unspecified atom stereocenters. The molecule has 0 aromatic rings. The Kier molecular flexibility index (Phi) is 6.08. The summed E-state index contributed by atoms with van der Waals surface area (Å²) in [6.07, 6.45) is 4.66. The molecular weight excluding hydrogens is 190 g/mol. The number of hydrogen-bond acceptors (Lipinski definition) is 2. The lowest BCUT2D eigenvalue weighted by Gasteiger charge is -2.33. The lowest BCUT2D eigenvalue weighted by atomic mass is 10.0. The van der Waals surface area contributed by atoms with Gasteiger partial charge in [-0.3, -0.25) is 9.69 Å². The molecule has 1 fully saturated rings. The highest BCUT2D eigenvalue weighted by molar-refractivity contribution is 5.85. The third kappa shape index (κ3) is 3.96. The first kappa shape index (κ1) is 12.7. The van der Waals surface area contributed by atoms with Crippen LogP contribution in [-0.2, 0) is 4.79 Å². The van der Waals surface area contributed by atoms with Crippen LogP contribution in [0.3, 0.4) is 0 Å². The fraction of sp³-hybridized carbons (Fsp3) is 0.889. The maximum atomic E-state index is 10.5. The number of rotatable bonds is 3. The normalized spacial score (nSPS) is 23.6. The zero-order chi connectivity index (χ0) is 8.97. The number of likely N-dealkylation sites (tertiary alicyclic amines) is 1. The van der Waals surface area contributed by atoms with E-state index in [2.05, 4.69) is 11.8 Å². The second kappa shape index (κ2) is 6.22. The highest BCUT2D eigenvalue weighted by atomic mass is 35.5. The molecule has 3 nitrogen and oxygen atoms in total. The summed E-state index contributed by atoms with van der Waals surface area (Å²) in [4.78, 5) is 12.6. The van der Waals surface area contributed by atoms with Gasteiger partial charge in [0.15, 0.2) is 0 Å². The summed E-state index contributed by atoms with van der Waals surface area (Å²) < 4.78 is 0. The van der Waals surface area contributed by atoms with Crippen molar-refractivity contribution in [1.29, 1.82) is 0 Å². The molecule has 0 aromatic carbocycles. The Hall–Kier alpha value is -0.280. The molecule has 1 rings (SSSR count). The molecule has 0 saturated carbocycles. The molecule has 0 aliphatic carbocycles. The van der Waals surface area contributed by atoms with E-state index in [0.717, 1.165) is 19.4 Å². The largest absolute Gasteiger partial charge is 0.480 e. The molecule has 1 aliphatic heterocycles. The van der Waals surface area contributed by atoms with Gasteiger partial charge in [0.1, 0.15) is 0 Å². The molecule has 1 saturated heterocycles. The number of nitrogens with zero attached hydrogens (tertiary/aromatic N) is 1. The van der Waals surface area contributed by atoms with Gasteiger partial charge in [0.25, 0.3) is 0 Å². The quantitative estimate of drug-likeness (QED) is 0.767. The van der Waals surface area contributed by atoms with Crippen molar-refractivity contribution in [3.63, 3.8) is 0 Å². The third-order valence-corrected chi connectivity index (χ3v) is 2.56. The number of hydrogen-bond donors (Lipinski definition) is 1. The van der Waals surface area contributed by atoms with Crippen LogP contribution in [-0.4, -0.2) is 35.1 Å². The predicted octanol–water partition coefficient (Wildman–Crippen LogP) is 1.76. The van der Waals surface area contributed by atoms with Gasteiger partial charge < -0.3 is 5.11 Å². The van der Waals surface area contributed by atoms with Gasteiger partial charge in [0.2, 0.25) is 0 Å². The van der Waals surface area contributed by atoms with E-state index in [0.29, 0.717) is 6.04 Å². The molecule has 0 spiro atoms. The van der Waals surface area contributed by atoms with Crippen molar-refractivity contribution in [3.05, 3.63) is 0 Å². The molecule has 1 N–H and O–H groups in total. The van der Waals surface area contributed by atoms with Crippen molar-refractivity contribution in [2.24, 2.45) is 0 Å². The predicted molar refractivity (Wildman–Crippen MR) is 54.4 cm³/mol. The van der Waals surface area contributed by atoms with Crippen LogP contribution in [0, 0.1) is 0 Å². The molecule has 78 valence electrons. The van der Waals surface area contributed by atoms with Crippen LogP contribution in [0.15, 0.2) is 0 Å². The maximum Gasteiger partial charge on any atom is 0.317 e. The molecule has 1 atom stereocenters. The molecule has 0 radical (unpaired) electrons. The van der Waals surface area contributed by atoms with Gasteiger partial charge in [-0.25, -0.2) is 0 Å². The minimum atomic E-state index is -0.699. The van der Waals surface area contributed by atoms with Gasteiger partial charge in [-0.15, -0.1) is 12.4 Å². The Morgan fingerprint density at radius 3 is 2.77 bits per heavy atom. The second-order valence-corrected chi connectivity index (χ2v) is 3.42. The Labute approximate surface area is 85.5 Å². The van der Waals surface area contributed by atoms with Crippen molar-refractivity contribution in [1.82, 2.24) is 4.90 Å². The van der Waals surface area contributed by atoms with Crippen molar-refractivity contribution >= 4 is 18.4 Å². The summed E-state index contributed by atoms with van der Waals surface area (Å²) in [5.74, 6) is -0.699. The summed E-state index contributed by atoms with van der Waals surface area (Å²) in [5, 5.41) is 8.64. The average Bonchev–Trinajstić information content (AvgIpc) is 2.04. The van der Waals surface area contributed by atoms with Crippen LogP contribution in [0.1, 0.15) is 32.6 Å². The summed E-state index contributed by atoms with van der Waals surface area (Å²) >= 11 is 0. The lowest BCUT2D eigenvalue weighted by Crippen LogP contribution is -2.42. The number of carboxylic acids is 1. The first-order valence-corrected chi connectivity index (χ1v) is 4.70. The Morgan fingerprint density at radius 1 is 1.54 bits per heavy atom. The standard InChI is InChI=1S/C9H17NO2.ClH/c1-2-8-5-3-4-6-10(8)7-9(11)12;/h8H,2-7H2,1H3,(H,11,12);1H. The fourth-order valence-electron chi connectivity index (χ4n) is 1.90. The van der Waals surface area contributed by atoms with Crippen molar-refractivity contribution < 1.29 is 9.90 Å². The molecule has 13 heavy (non-hydrogen) atoms. The minimum absolute atomic E-state index is 0. The van der Waals surface area contributed by atoms with Crippen molar-refractivity contribution in [3.8, 4) is 0 Å².